The van der Waals surface area contributed by atoms with Gasteiger partial charge in [0.25, 0.3) is 10.0 Å². The Hall–Kier alpha value is -4.60. The molecule has 0 aliphatic carbocycles. The van der Waals surface area contributed by atoms with Crippen LogP contribution in [0, 0.1) is 23.3 Å². The first kappa shape index (κ1) is 29.4. The summed E-state index contributed by atoms with van der Waals surface area (Å²) >= 11 is 0. The van der Waals surface area contributed by atoms with E-state index in [1.54, 1.807) is 0 Å². The third-order valence-electron chi connectivity index (χ3n) is 5.90. The Labute approximate surface area is 229 Å². The molecule has 10 nitrogen and oxygen atoms in total. The molecule has 0 unspecified atom stereocenters. The number of carbonyl (C=O) groups is 1. The van der Waals surface area contributed by atoms with E-state index in [1.807, 2.05) is 0 Å². The molecule has 41 heavy (non-hydrogen) atoms. The van der Waals surface area contributed by atoms with Gasteiger partial charge in [-0.25, -0.2) is 45.1 Å². The van der Waals surface area contributed by atoms with Gasteiger partial charge in [0.15, 0.2) is 5.82 Å². The number of nitrogens with zero attached hydrogens (tertiary/aromatic N) is 5. The second kappa shape index (κ2) is 11.1. The van der Waals surface area contributed by atoms with Crippen LogP contribution in [-0.2, 0) is 16.6 Å². The van der Waals surface area contributed by atoms with E-state index < -0.39 is 78.1 Å². The van der Waals surface area contributed by atoms with Gasteiger partial charge in [-0.3, -0.25) is 4.68 Å². The number of anilines is 2. The van der Waals surface area contributed by atoms with Gasteiger partial charge in [0, 0.05) is 18.0 Å². The van der Waals surface area contributed by atoms with Gasteiger partial charge in [-0.05, 0) is 41.8 Å². The summed E-state index contributed by atoms with van der Waals surface area (Å²) in [6, 6.07) is 3.24. The first-order chi connectivity index (χ1) is 19.3. The number of halogens is 5. The van der Waals surface area contributed by atoms with Gasteiger partial charge in [0.1, 0.15) is 40.4 Å². The lowest BCUT2D eigenvalue weighted by Crippen LogP contribution is -2.37. The lowest BCUT2D eigenvalue weighted by Gasteiger charge is -2.23. The fraction of sp³-hybridized carbons (Fsp3) is 0.200. The van der Waals surface area contributed by atoms with Gasteiger partial charge in [0.05, 0.1) is 17.8 Å². The second-order valence-electron chi connectivity index (χ2n) is 8.91. The minimum absolute atomic E-state index is 0.0115. The molecule has 0 fully saturated rings. The summed E-state index contributed by atoms with van der Waals surface area (Å²) in [7, 11) is -5.51. The molecule has 0 bridgehead atoms. The minimum Gasteiger partial charge on any atom is -0.464 e. The molecule has 0 spiro atoms. The van der Waals surface area contributed by atoms with Crippen LogP contribution in [0.1, 0.15) is 25.3 Å². The summed E-state index contributed by atoms with van der Waals surface area (Å²) in [5.74, 6) is -6.67. The zero-order valence-electron chi connectivity index (χ0n) is 21.3. The lowest BCUT2D eigenvalue weighted by molar-refractivity contribution is 0.206. The molecule has 0 aliphatic heterocycles. The molecular formula is C25H21F5N6O4S. The molecule has 0 radical (unpaired) electrons. The fourth-order valence-corrected chi connectivity index (χ4v) is 5.42. The van der Waals surface area contributed by atoms with Crippen LogP contribution in [0.25, 0.3) is 22.5 Å². The number of hydrogen-bond acceptors (Lipinski definition) is 7. The second-order valence-corrected chi connectivity index (χ2v) is 10.7. The Morgan fingerprint density at radius 1 is 1.12 bits per heavy atom. The number of rotatable bonds is 8. The van der Waals surface area contributed by atoms with E-state index in [0.29, 0.717) is 18.2 Å². The minimum atomic E-state index is -5.51. The number of nitrogen functional groups attached to an aromatic ring is 1. The highest BCUT2D eigenvalue weighted by molar-refractivity contribution is 7.93. The Bertz CT molecular complexity index is 1760. The monoisotopic (exact) mass is 596 g/mol. The topological polar surface area (TPSA) is 144 Å². The van der Waals surface area contributed by atoms with E-state index >= 15 is 8.78 Å². The standard InChI is InChI=1S/C25H21F5N6O4S/c1-12(2)14-10-18(36(25(37)38)41(39,40)19-9-13(27)3-4-16(19)28)22(30)20(21(14)29)23-15(11-35(34-23)8-6-26)17-5-7-32-24(31)33-17/h3-5,7,9-12H,6,8H2,1-2H3,(H,37,38)(H2,31,32,33). The number of sulfonamides is 1. The van der Waals surface area contributed by atoms with Crippen LogP contribution in [0.15, 0.2) is 47.6 Å². The van der Waals surface area contributed by atoms with Crippen molar-refractivity contribution < 1.29 is 40.3 Å². The number of nitrogens with two attached hydrogens (primary N) is 1. The van der Waals surface area contributed by atoms with Crippen molar-refractivity contribution in [3.05, 3.63) is 71.6 Å². The lowest BCUT2D eigenvalue weighted by atomic mass is 9.95. The molecule has 2 heterocycles. The normalized spacial score (nSPS) is 11.7. The Morgan fingerprint density at radius 3 is 2.44 bits per heavy atom. The van der Waals surface area contributed by atoms with Crippen molar-refractivity contribution >= 4 is 27.8 Å². The molecular weight excluding hydrogens is 575 g/mol. The van der Waals surface area contributed by atoms with Gasteiger partial charge in [-0.2, -0.15) is 9.40 Å². The van der Waals surface area contributed by atoms with E-state index in [1.165, 1.54) is 32.3 Å². The fourth-order valence-electron chi connectivity index (χ4n) is 4.05. The molecule has 0 saturated carbocycles. The van der Waals surface area contributed by atoms with Gasteiger partial charge in [0.2, 0.25) is 5.95 Å². The van der Waals surface area contributed by atoms with Crippen LogP contribution >= 0.6 is 0 Å². The van der Waals surface area contributed by atoms with Gasteiger partial charge >= 0.3 is 6.09 Å². The molecule has 0 aliphatic rings. The SMILES string of the molecule is CC(C)c1cc(N(C(=O)O)S(=O)(=O)c2cc(F)ccc2F)c(F)c(-c2nn(CCF)cc2-c2ccnc(N)n2)c1F. The van der Waals surface area contributed by atoms with Crippen molar-refractivity contribution in [3.8, 4) is 22.5 Å². The van der Waals surface area contributed by atoms with Crippen molar-refractivity contribution in [3.63, 3.8) is 0 Å². The molecule has 1 amide bonds. The number of amides is 1. The van der Waals surface area contributed by atoms with E-state index in [4.69, 9.17) is 5.73 Å². The molecule has 4 rings (SSSR count). The van der Waals surface area contributed by atoms with Crippen molar-refractivity contribution in [1.82, 2.24) is 19.7 Å². The van der Waals surface area contributed by atoms with Gasteiger partial charge in [-0.1, -0.05) is 13.8 Å². The zero-order chi connectivity index (χ0) is 30.2. The molecule has 216 valence electrons. The number of hydrogen-bond donors (Lipinski definition) is 2. The Kier molecular flexibility index (Phi) is 7.96. The first-order valence-electron chi connectivity index (χ1n) is 11.8. The number of aromatic nitrogens is 4. The first-order valence-corrected chi connectivity index (χ1v) is 13.2. The average Bonchev–Trinajstić information content (AvgIpc) is 3.30. The van der Waals surface area contributed by atoms with Crippen LogP contribution in [0.5, 0.6) is 0 Å². The molecule has 2 aromatic heterocycles. The quantitative estimate of drug-likeness (QED) is 0.267. The number of alkyl halides is 1. The summed E-state index contributed by atoms with van der Waals surface area (Å²) in [6.07, 6.45) is 0.153. The van der Waals surface area contributed by atoms with E-state index in [0.717, 1.165) is 4.68 Å². The van der Waals surface area contributed by atoms with E-state index in [2.05, 4.69) is 15.1 Å². The number of carboxylic acid groups (broad SMARTS) is 1. The summed E-state index contributed by atoms with van der Waals surface area (Å²) in [5, 5.41) is 13.9. The summed E-state index contributed by atoms with van der Waals surface area (Å²) in [5.41, 5.74) is 2.56. The summed E-state index contributed by atoms with van der Waals surface area (Å²) < 4.78 is 101. The molecule has 16 heteroatoms. The highest BCUT2D eigenvalue weighted by atomic mass is 32.2. The van der Waals surface area contributed by atoms with Crippen molar-refractivity contribution in [1.29, 1.82) is 0 Å². The van der Waals surface area contributed by atoms with Crippen molar-refractivity contribution in [2.75, 3.05) is 16.7 Å². The van der Waals surface area contributed by atoms with Crippen molar-refractivity contribution in [2.45, 2.75) is 31.2 Å². The summed E-state index contributed by atoms with van der Waals surface area (Å²) in [6.45, 7) is 1.66. The van der Waals surface area contributed by atoms with Crippen LogP contribution in [0.4, 0.5) is 38.4 Å². The maximum atomic E-state index is 16.3. The smallest absolute Gasteiger partial charge is 0.426 e. The molecule has 4 aromatic rings. The maximum absolute atomic E-state index is 16.3. The number of benzene rings is 2. The maximum Gasteiger partial charge on any atom is 0.426 e. The Morgan fingerprint density at radius 2 is 1.83 bits per heavy atom. The van der Waals surface area contributed by atoms with Crippen LogP contribution in [0.2, 0.25) is 0 Å². The van der Waals surface area contributed by atoms with E-state index in [9.17, 15) is 31.5 Å². The molecule has 0 atom stereocenters. The molecule has 2 aromatic carbocycles. The molecule has 3 N–H and O–H groups in total. The molecule has 0 saturated heterocycles. The number of aryl methyl sites for hydroxylation is 1. The highest BCUT2D eigenvalue weighted by Gasteiger charge is 2.38. The van der Waals surface area contributed by atoms with Crippen LogP contribution < -0.4 is 10.0 Å². The van der Waals surface area contributed by atoms with Crippen LogP contribution in [-0.4, -0.2) is 46.0 Å². The largest absolute Gasteiger partial charge is 0.464 e. The Balaban J connectivity index is 2.08. The average molecular weight is 597 g/mol. The third kappa shape index (κ3) is 5.41. The zero-order valence-corrected chi connectivity index (χ0v) is 22.1. The third-order valence-corrected chi connectivity index (χ3v) is 7.60. The van der Waals surface area contributed by atoms with E-state index in [-0.39, 0.29) is 35.4 Å². The predicted molar refractivity (Wildman–Crippen MR) is 137 cm³/mol. The van der Waals surface area contributed by atoms with Crippen LogP contribution in [0.3, 0.4) is 0 Å². The van der Waals surface area contributed by atoms with Gasteiger partial charge in [-0.15, -0.1) is 0 Å². The predicted octanol–water partition coefficient (Wildman–Crippen LogP) is 5.11. The van der Waals surface area contributed by atoms with Crippen molar-refractivity contribution in [2.24, 2.45) is 0 Å². The van der Waals surface area contributed by atoms with Gasteiger partial charge < -0.3 is 10.8 Å². The highest BCUT2D eigenvalue weighted by Crippen LogP contribution is 2.41. The summed E-state index contributed by atoms with van der Waals surface area (Å²) in [4.78, 5) is 18.6.